The largest absolute Gasteiger partial charge is 0.364 e. The van der Waals surface area contributed by atoms with Gasteiger partial charge >= 0.3 is 0 Å². The van der Waals surface area contributed by atoms with E-state index in [0.29, 0.717) is 6.17 Å². The van der Waals surface area contributed by atoms with E-state index >= 15 is 0 Å². The Balaban J connectivity index is 2.18. The van der Waals surface area contributed by atoms with Crippen molar-refractivity contribution in [3.05, 3.63) is 23.8 Å². The van der Waals surface area contributed by atoms with Gasteiger partial charge in [0.25, 0.3) is 0 Å². The minimum Gasteiger partial charge on any atom is -0.364 e. The lowest BCUT2D eigenvalue weighted by Crippen LogP contribution is -2.32. The molecular formula is C13H20N2. The SMILES string of the molecule is CCCCC1Nc2cccc(C)c2N1C. The van der Waals surface area contributed by atoms with E-state index in [4.69, 9.17) is 0 Å². The Kier molecular flexibility index (Phi) is 2.85. The van der Waals surface area contributed by atoms with Crippen LogP contribution in [0.25, 0.3) is 0 Å². The smallest absolute Gasteiger partial charge is 0.0988 e. The van der Waals surface area contributed by atoms with Crippen molar-refractivity contribution in [2.45, 2.75) is 39.3 Å². The van der Waals surface area contributed by atoms with Crippen molar-refractivity contribution in [2.24, 2.45) is 0 Å². The third-order valence-corrected chi connectivity index (χ3v) is 3.21. The van der Waals surface area contributed by atoms with Gasteiger partial charge in [-0.25, -0.2) is 0 Å². The number of anilines is 2. The molecule has 15 heavy (non-hydrogen) atoms. The van der Waals surface area contributed by atoms with Gasteiger partial charge in [-0.2, -0.15) is 0 Å². The van der Waals surface area contributed by atoms with Crippen LogP contribution in [0.2, 0.25) is 0 Å². The molecule has 1 aliphatic heterocycles. The van der Waals surface area contributed by atoms with E-state index in [9.17, 15) is 0 Å². The summed E-state index contributed by atoms with van der Waals surface area (Å²) in [6.45, 7) is 4.42. The molecule has 2 heteroatoms. The zero-order chi connectivity index (χ0) is 10.8. The van der Waals surface area contributed by atoms with Crippen LogP contribution in [-0.2, 0) is 0 Å². The molecule has 82 valence electrons. The van der Waals surface area contributed by atoms with Gasteiger partial charge in [-0.05, 0) is 31.4 Å². The zero-order valence-corrected chi connectivity index (χ0v) is 9.88. The molecule has 1 N–H and O–H groups in total. The second kappa shape index (κ2) is 4.13. The molecule has 0 amide bonds. The Morgan fingerprint density at radius 1 is 1.40 bits per heavy atom. The van der Waals surface area contributed by atoms with Crippen LogP contribution in [0.1, 0.15) is 31.7 Å². The first-order chi connectivity index (χ1) is 7.24. The quantitative estimate of drug-likeness (QED) is 0.812. The lowest BCUT2D eigenvalue weighted by Gasteiger charge is -2.22. The van der Waals surface area contributed by atoms with Gasteiger partial charge in [0.15, 0.2) is 0 Å². The Hall–Kier alpha value is -1.18. The number of nitrogens with one attached hydrogen (secondary N) is 1. The number of hydrogen-bond donors (Lipinski definition) is 1. The van der Waals surface area contributed by atoms with Crippen LogP contribution in [0.3, 0.4) is 0 Å². The highest BCUT2D eigenvalue weighted by Gasteiger charge is 2.25. The summed E-state index contributed by atoms with van der Waals surface area (Å²) in [5.41, 5.74) is 4.03. The van der Waals surface area contributed by atoms with Crippen LogP contribution < -0.4 is 10.2 Å². The molecule has 0 bridgehead atoms. The molecule has 1 aliphatic rings. The second-order valence-electron chi connectivity index (χ2n) is 4.38. The predicted molar refractivity (Wildman–Crippen MR) is 66.5 cm³/mol. The van der Waals surface area contributed by atoms with Gasteiger partial charge in [0.1, 0.15) is 0 Å². The topological polar surface area (TPSA) is 15.3 Å². The maximum Gasteiger partial charge on any atom is 0.0988 e. The number of para-hydroxylation sites is 1. The first kappa shape index (κ1) is 10.3. The van der Waals surface area contributed by atoms with E-state index in [1.807, 2.05) is 0 Å². The Morgan fingerprint density at radius 2 is 2.20 bits per heavy atom. The Morgan fingerprint density at radius 3 is 2.87 bits per heavy atom. The molecule has 2 nitrogen and oxygen atoms in total. The van der Waals surface area contributed by atoms with Gasteiger partial charge in [0, 0.05) is 7.05 Å². The normalized spacial score (nSPS) is 18.9. The molecule has 0 saturated carbocycles. The van der Waals surface area contributed by atoms with Crippen LogP contribution in [-0.4, -0.2) is 13.2 Å². The van der Waals surface area contributed by atoms with Crippen molar-refractivity contribution in [3.63, 3.8) is 0 Å². The van der Waals surface area contributed by atoms with E-state index in [-0.39, 0.29) is 0 Å². The minimum atomic E-state index is 0.487. The lowest BCUT2D eigenvalue weighted by atomic mass is 10.1. The van der Waals surface area contributed by atoms with Crippen molar-refractivity contribution in [1.29, 1.82) is 0 Å². The molecule has 0 fully saturated rings. The van der Waals surface area contributed by atoms with Crippen LogP contribution in [0.5, 0.6) is 0 Å². The summed E-state index contributed by atoms with van der Waals surface area (Å²) < 4.78 is 0. The van der Waals surface area contributed by atoms with Crippen LogP contribution in [0.15, 0.2) is 18.2 Å². The Labute approximate surface area is 92.3 Å². The highest BCUT2D eigenvalue weighted by atomic mass is 15.3. The van der Waals surface area contributed by atoms with Crippen LogP contribution in [0.4, 0.5) is 11.4 Å². The highest BCUT2D eigenvalue weighted by Crippen LogP contribution is 2.37. The van der Waals surface area contributed by atoms with Gasteiger partial charge < -0.3 is 10.2 Å². The molecular weight excluding hydrogens is 184 g/mol. The predicted octanol–water partition coefficient (Wildman–Crippen LogP) is 3.37. The molecule has 1 aromatic carbocycles. The second-order valence-corrected chi connectivity index (χ2v) is 4.38. The molecule has 0 aliphatic carbocycles. The average molecular weight is 204 g/mol. The van der Waals surface area contributed by atoms with Gasteiger partial charge in [0.05, 0.1) is 17.5 Å². The van der Waals surface area contributed by atoms with Crippen molar-refractivity contribution in [2.75, 3.05) is 17.3 Å². The number of nitrogens with zero attached hydrogens (tertiary/aromatic N) is 1. The Bertz CT molecular complexity index is 346. The molecule has 0 saturated heterocycles. The van der Waals surface area contributed by atoms with Crippen molar-refractivity contribution in [1.82, 2.24) is 0 Å². The first-order valence-corrected chi connectivity index (χ1v) is 5.83. The minimum absolute atomic E-state index is 0.487. The third kappa shape index (κ3) is 1.81. The molecule has 0 spiro atoms. The molecule has 1 aromatic rings. The van der Waals surface area contributed by atoms with E-state index in [1.54, 1.807) is 0 Å². The van der Waals surface area contributed by atoms with E-state index in [1.165, 1.54) is 36.2 Å². The van der Waals surface area contributed by atoms with Gasteiger partial charge in [-0.1, -0.05) is 25.5 Å². The highest BCUT2D eigenvalue weighted by molar-refractivity contribution is 5.78. The maximum atomic E-state index is 3.59. The van der Waals surface area contributed by atoms with Crippen LogP contribution in [0, 0.1) is 6.92 Å². The summed E-state index contributed by atoms with van der Waals surface area (Å²) in [6.07, 6.45) is 4.26. The number of rotatable bonds is 3. The summed E-state index contributed by atoms with van der Waals surface area (Å²) in [7, 11) is 2.19. The summed E-state index contributed by atoms with van der Waals surface area (Å²) >= 11 is 0. The van der Waals surface area contributed by atoms with Gasteiger partial charge in [-0.15, -0.1) is 0 Å². The number of benzene rings is 1. The fraction of sp³-hybridized carbons (Fsp3) is 0.538. The number of hydrogen-bond acceptors (Lipinski definition) is 2. The summed E-state index contributed by atoms with van der Waals surface area (Å²) in [5, 5.41) is 3.59. The van der Waals surface area contributed by atoms with E-state index in [2.05, 4.69) is 49.3 Å². The lowest BCUT2D eigenvalue weighted by molar-refractivity contribution is 0.613. The number of aryl methyl sites for hydroxylation is 1. The average Bonchev–Trinajstić information content (AvgIpc) is 2.54. The first-order valence-electron chi connectivity index (χ1n) is 5.83. The molecule has 1 unspecified atom stereocenters. The molecule has 1 heterocycles. The molecule has 0 radical (unpaired) electrons. The standard InChI is InChI=1S/C13H20N2/c1-4-5-9-12-14-11-8-6-7-10(2)13(11)15(12)3/h6-8,12,14H,4-5,9H2,1-3H3. The summed E-state index contributed by atoms with van der Waals surface area (Å²) in [4.78, 5) is 2.38. The molecule has 2 rings (SSSR count). The van der Waals surface area contributed by atoms with Gasteiger partial charge in [-0.3, -0.25) is 0 Å². The zero-order valence-electron chi connectivity index (χ0n) is 9.88. The van der Waals surface area contributed by atoms with Crippen molar-refractivity contribution in [3.8, 4) is 0 Å². The number of fused-ring (bicyclic) bond motifs is 1. The third-order valence-electron chi connectivity index (χ3n) is 3.21. The number of unbranched alkanes of at least 4 members (excludes halogenated alkanes) is 1. The summed E-state index contributed by atoms with van der Waals surface area (Å²) in [6, 6.07) is 6.47. The van der Waals surface area contributed by atoms with Crippen molar-refractivity contribution < 1.29 is 0 Å². The summed E-state index contributed by atoms with van der Waals surface area (Å²) in [5.74, 6) is 0. The van der Waals surface area contributed by atoms with Crippen molar-refractivity contribution >= 4 is 11.4 Å². The van der Waals surface area contributed by atoms with Crippen LogP contribution >= 0.6 is 0 Å². The van der Waals surface area contributed by atoms with Gasteiger partial charge in [0.2, 0.25) is 0 Å². The molecule has 1 atom stereocenters. The maximum absolute atomic E-state index is 3.59. The van der Waals surface area contributed by atoms with E-state index in [0.717, 1.165) is 0 Å². The molecule has 0 aromatic heterocycles. The monoisotopic (exact) mass is 204 g/mol. The van der Waals surface area contributed by atoms with E-state index < -0.39 is 0 Å². The fourth-order valence-corrected chi connectivity index (χ4v) is 2.34. The fourth-order valence-electron chi connectivity index (χ4n) is 2.34.